The maximum absolute atomic E-state index is 11.3. The van der Waals surface area contributed by atoms with Crippen molar-refractivity contribution < 1.29 is 18.7 Å². The average molecular weight is 195 g/mol. The van der Waals surface area contributed by atoms with E-state index in [9.17, 15) is 4.79 Å². The number of carbonyl (C=O) groups is 1. The number of methoxy groups -OCH3 is 1. The van der Waals surface area contributed by atoms with Crippen LogP contribution >= 0.6 is 0 Å². The Morgan fingerprint density at radius 2 is 2.50 bits per heavy atom. The van der Waals surface area contributed by atoms with Crippen molar-refractivity contribution in [3.63, 3.8) is 0 Å². The first kappa shape index (κ1) is 8.83. The number of aromatic nitrogens is 1. The van der Waals surface area contributed by atoms with Crippen LogP contribution in [0.2, 0.25) is 0 Å². The summed E-state index contributed by atoms with van der Waals surface area (Å²) in [4.78, 5) is 14.2. The topological polar surface area (TPSA) is 64.5 Å². The number of furan rings is 1. The van der Waals surface area contributed by atoms with Gasteiger partial charge >= 0.3 is 5.97 Å². The van der Waals surface area contributed by atoms with E-state index in [0.29, 0.717) is 11.3 Å². The second-order valence-electron chi connectivity index (χ2n) is 2.72. The molecule has 5 nitrogen and oxygen atoms in total. The molecule has 0 aliphatic rings. The minimum atomic E-state index is -0.460. The highest BCUT2D eigenvalue weighted by Crippen LogP contribution is 2.16. The fraction of sp³-hybridized carbons (Fsp3) is 0.222. The molecule has 0 aliphatic carbocycles. The molecule has 1 N–H and O–H groups in total. The zero-order valence-electron chi connectivity index (χ0n) is 7.57. The third-order valence-corrected chi connectivity index (χ3v) is 1.77. The Balaban J connectivity index is 2.18. The van der Waals surface area contributed by atoms with Gasteiger partial charge in [-0.2, -0.15) is 0 Å². The van der Waals surface area contributed by atoms with Gasteiger partial charge < -0.3 is 18.9 Å². The maximum Gasteiger partial charge on any atom is 0.356 e. The summed E-state index contributed by atoms with van der Waals surface area (Å²) in [5.41, 5.74) is 1.76. The molecule has 0 radical (unpaired) electrons. The van der Waals surface area contributed by atoms with Gasteiger partial charge in [-0.05, 0) is 0 Å². The van der Waals surface area contributed by atoms with Crippen molar-refractivity contribution in [2.24, 2.45) is 0 Å². The summed E-state index contributed by atoms with van der Waals surface area (Å²) in [7, 11) is 1.45. The van der Waals surface area contributed by atoms with Gasteiger partial charge in [0.1, 0.15) is 5.69 Å². The lowest BCUT2D eigenvalue weighted by Gasteiger charge is -1.99. The van der Waals surface area contributed by atoms with Crippen molar-refractivity contribution >= 4 is 17.1 Å². The quantitative estimate of drug-likeness (QED) is 0.595. The van der Waals surface area contributed by atoms with Gasteiger partial charge in [0.05, 0.1) is 11.8 Å². The van der Waals surface area contributed by atoms with Crippen LogP contribution in [0.5, 0.6) is 0 Å². The minimum Gasteiger partial charge on any atom is -0.463 e. The molecule has 0 fully saturated rings. The first-order valence-corrected chi connectivity index (χ1v) is 4.03. The second kappa shape index (κ2) is 3.55. The van der Waals surface area contributed by atoms with E-state index in [1.807, 2.05) is 0 Å². The SMILES string of the molecule is COCOC(=O)c1cc2occc2[nH]1. The monoisotopic (exact) mass is 195 g/mol. The van der Waals surface area contributed by atoms with Crippen LogP contribution in [0, 0.1) is 0 Å². The van der Waals surface area contributed by atoms with E-state index in [1.165, 1.54) is 7.11 Å². The molecular weight excluding hydrogens is 186 g/mol. The van der Waals surface area contributed by atoms with Crippen LogP contribution in [0.4, 0.5) is 0 Å². The molecule has 2 aromatic heterocycles. The Kier molecular flexibility index (Phi) is 2.24. The van der Waals surface area contributed by atoms with Gasteiger partial charge in [0.25, 0.3) is 0 Å². The molecule has 0 unspecified atom stereocenters. The fourth-order valence-corrected chi connectivity index (χ4v) is 1.15. The summed E-state index contributed by atoms with van der Waals surface area (Å²) in [6, 6.07) is 3.33. The molecule has 0 saturated heterocycles. The molecule has 74 valence electrons. The third kappa shape index (κ3) is 1.49. The van der Waals surface area contributed by atoms with Crippen LogP contribution in [0.3, 0.4) is 0 Å². The van der Waals surface area contributed by atoms with Crippen LogP contribution in [0.25, 0.3) is 11.1 Å². The Morgan fingerprint density at radius 3 is 3.21 bits per heavy atom. The molecular formula is C9H9NO4. The Labute approximate surface area is 79.6 Å². The van der Waals surface area contributed by atoms with Crippen molar-refractivity contribution in [3.05, 3.63) is 24.1 Å². The largest absolute Gasteiger partial charge is 0.463 e. The number of ether oxygens (including phenoxy) is 2. The summed E-state index contributed by atoms with van der Waals surface area (Å²) in [6.07, 6.45) is 1.55. The molecule has 0 amide bonds. The zero-order chi connectivity index (χ0) is 9.97. The highest BCUT2D eigenvalue weighted by atomic mass is 16.7. The van der Waals surface area contributed by atoms with Crippen molar-refractivity contribution in [3.8, 4) is 0 Å². The van der Waals surface area contributed by atoms with Gasteiger partial charge in [-0.25, -0.2) is 4.79 Å². The van der Waals surface area contributed by atoms with E-state index >= 15 is 0 Å². The molecule has 14 heavy (non-hydrogen) atoms. The summed E-state index contributed by atoms with van der Waals surface area (Å²) in [6.45, 7) is -0.0563. The molecule has 0 saturated carbocycles. The van der Waals surface area contributed by atoms with Gasteiger partial charge in [-0.15, -0.1) is 0 Å². The van der Waals surface area contributed by atoms with Crippen molar-refractivity contribution in [2.75, 3.05) is 13.9 Å². The van der Waals surface area contributed by atoms with Crippen molar-refractivity contribution in [1.29, 1.82) is 0 Å². The van der Waals surface area contributed by atoms with Crippen LogP contribution in [0.1, 0.15) is 10.5 Å². The summed E-state index contributed by atoms with van der Waals surface area (Å²) in [5.74, 6) is -0.460. The minimum absolute atomic E-state index is 0.0563. The lowest BCUT2D eigenvalue weighted by molar-refractivity contribution is -0.0129. The van der Waals surface area contributed by atoms with Gasteiger partial charge in [-0.3, -0.25) is 0 Å². The molecule has 0 bridgehead atoms. The number of hydrogen-bond acceptors (Lipinski definition) is 4. The van der Waals surface area contributed by atoms with Crippen LogP contribution in [-0.2, 0) is 9.47 Å². The summed E-state index contributed by atoms with van der Waals surface area (Å²) in [5, 5.41) is 0. The second-order valence-corrected chi connectivity index (χ2v) is 2.72. The molecule has 2 heterocycles. The molecule has 0 spiro atoms. The predicted octanol–water partition coefficient (Wildman–Crippen LogP) is 1.52. The number of aromatic amines is 1. The summed E-state index contributed by atoms with van der Waals surface area (Å²) < 4.78 is 14.4. The molecule has 2 aromatic rings. The molecule has 0 aromatic carbocycles. The van der Waals surface area contributed by atoms with Crippen molar-refractivity contribution in [1.82, 2.24) is 4.98 Å². The van der Waals surface area contributed by atoms with Crippen LogP contribution in [-0.4, -0.2) is 24.9 Å². The fourth-order valence-electron chi connectivity index (χ4n) is 1.15. The Bertz CT molecular complexity index is 414. The van der Waals surface area contributed by atoms with E-state index in [-0.39, 0.29) is 6.79 Å². The molecule has 0 aliphatic heterocycles. The number of rotatable bonds is 3. The Hall–Kier alpha value is -1.75. The lowest BCUT2D eigenvalue weighted by Crippen LogP contribution is -2.07. The number of fused-ring (bicyclic) bond motifs is 1. The number of esters is 1. The number of carbonyl (C=O) groups excluding carboxylic acids is 1. The first-order chi connectivity index (χ1) is 6.81. The zero-order valence-corrected chi connectivity index (χ0v) is 7.57. The van der Waals surface area contributed by atoms with Gasteiger partial charge in [0, 0.05) is 19.2 Å². The Morgan fingerprint density at radius 1 is 1.64 bits per heavy atom. The molecule has 0 atom stereocenters. The number of H-pyrrole nitrogens is 1. The third-order valence-electron chi connectivity index (χ3n) is 1.77. The van der Waals surface area contributed by atoms with Crippen LogP contribution in [0.15, 0.2) is 22.8 Å². The highest BCUT2D eigenvalue weighted by Gasteiger charge is 2.11. The van der Waals surface area contributed by atoms with E-state index < -0.39 is 5.97 Å². The maximum atomic E-state index is 11.3. The lowest BCUT2D eigenvalue weighted by atomic mass is 10.4. The smallest absolute Gasteiger partial charge is 0.356 e. The summed E-state index contributed by atoms with van der Waals surface area (Å²) >= 11 is 0. The van der Waals surface area contributed by atoms with E-state index in [0.717, 1.165) is 5.52 Å². The average Bonchev–Trinajstić information content (AvgIpc) is 2.72. The van der Waals surface area contributed by atoms with E-state index in [1.54, 1.807) is 18.4 Å². The molecule has 2 rings (SSSR count). The number of hydrogen-bond donors (Lipinski definition) is 1. The predicted molar refractivity (Wildman–Crippen MR) is 47.9 cm³/mol. The molecule has 5 heteroatoms. The standard InChI is InChI=1S/C9H9NO4/c1-12-5-14-9(11)7-4-8-6(10-7)2-3-13-8/h2-4,10H,5H2,1H3. The van der Waals surface area contributed by atoms with Crippen molar-refractivity contribution in [2.45, 2.75) is 0 Å². The van der Waals surface area contributed by atoms with Gasteiger partial charge in [-0.1, -0.05) is 0 Å². The van der Waals surface area contributed by atoms with Crippen LogP contribution < -0.4 is 0 Å². The normalized spacial score (nSPS) is 10.6. The first-order valence-electron chi connectivity index (χ1n) is 4.03. The van der Waals surface area contributed by atoms with Gasteiger partial charge in [0.15, 0.2) is 12.4 Å². The van der Waals surface area contributed by atoms with Gasteiger partial charge in [0.2, 0.25) is 0 Å². The number of nitrogens with one attached hydrogen (secondary N) is 1. The van der Waals surface area contributed by atoms with E-state index in [2.05, 4.69) is 9.72 Å². The van der Waals surface area contributed by atoms with E-state index in [4.69, 9.17) is 9.15 Å². The highest BCUT2D eigenvalue weighted by molar-refractivity contribution is 5.93.